The average Bonchev–Trinajstić information content (AvgIpc) is 2.70. The first kappa shape index (κ1) is 11.6. The van der Waals surface area contributed by atoms with E-state index in [1.54, 1.807) is 17.2 Å². The zero-order valence-corrected chi connectivity index (χ0v) is 9.38. The monoisotopic (exact) mass is 226 g/mol. The number of nitrogens with zero attached hydrogens (tertiary/aromatic N) is 2. The first-order valence-corrected chi connectivity index (χ1v) is 5.13. The third kappa shape index (κ3) is 3.32. The second kappa shape index (κ2) is 5.45. The van der Waals surface area contributed by atoms with Crippen LogP contribution in [0, 0.1) is 0 Å². The highest BCUT2D eigenvalue weighted by atomic mass is 32.1. The van der Waals surface area contributed by atoms with Crippen LogP contribution in [0.1, 0.15) is 23.8 Å². The molecule has 5 nitrogen and oxygen atoms in total. The van der Waals surface area contributed by atoms with Gasteiger partial charge in [-0.3, -0.25) is 9.89 Å². The van der Waals surface area contributed by atoms with Crippen LogP contribution in [0.2, 0.25) is 0 Å². The van der Waals surface area contributed by atoms with E-state index in [9.17, 15) is 4.79 Å². The molecule has 3 N–H and O–H groups in total. The summed E-state index contributed by atoms with van der Waals surface area (Å²) in [6, 6.07) is 1.64. The molecule has 0 aliphatic rings. The Hall–Kier alpha value is -1.43. The van der Waals surface area contributed by atoms with Gasteiger partial charge in [0.25, 0.3) is 5.91 Å². The predicted molar refractivity (Wildman–Crippen MR) is 61.6 cm³/mol. The highest BCUT2D eigenvalue weighted by Gasteiger charge is 2.14. The van der Waals surface area contributed by atoms with Crippen LogP contribution in [0.5, 0.6) is 0 Å². The number of rotatable bonds is 5. The quantitative estimate of drug-likeness (QED) is 0.719. The number of aromatic nitrogens is 2. The molecule has 0 radical (unpaired) electrons. The fourth-order valence-corrected chi connectivity index (χ4v) is 1.29. The minimum atomic E-state index is -0.0775. The second-order valence-corrected chi connectivity index (χ2v) is 3.60. The van der Waals surface area contributed by atoms with Gasteiger partial charge in [0.05, 0.1) is 4.99 Å². The standard InChI is InChI=1S/C9H14N4OS/c1-2-13(6-4-8(10)15)9(14)7-3-5-11-12-7/h3,5H,2,4,6H2,1H3,(H2,10,15)(H,11,12). The molecule has 0 aromatic carbocycles. The van der Waals surface area contributed by atoms with Crippen molar-refractivity contribution in [3.63, 3.8) is 0 Å². The molecule has 0 aliphatic carbocycles. The normalized spacial score (nSPS) is 9.93. The molecule has 1 amide bonds. The Bertz CT molecular complexity index is 336. The van der Waals surface area contributed by atoms with Crippen LogP contribution in [0.25, 0.3) is 0 Å². The number of aromatic amines is 1. The summed E-state index contributed by atoms with van der Waals surface area (Å²) in [4.78, 5) is 13.9. The zero-order chi connectivity index (χ0) is 11.3. The Morgan fingerprint density at radius 2 is 2.47 bits per heavy atom. The van der Waals surface area contributed by atoms with Gasteiger partial charge in [0, 0.05) is 25.7 Å². The van der Waals surface area contributed by atoms with Crippen LogP contribution < -0.4 is 5.73 Å². The lowest BCUT2D eigenvalue weighted by Gasteiger charge is -2.19. The molecule has 0 saturated heterocycles. The Morgan fingerprint density at radius 1 is 1.73 bits per heavy atom. The smallest absolute Gasteiger partial charge is 0.271 e. The van der Waals surface area contributed by atoms with E-state index in [0.29, 0.717) is 30.2 Å². The predicted octanol–water partition coefficient (Wildman–Crippen LogP) is 0.548. The van der Waals surface area contributed by atoms with Crippen LogP contribution >= 0.6 is 12.2 Å². The third-order valence-corrected chi connectivity index (χ3v) is 2.23. The first-order valence-electron chi connectivity index (χ1n) is 4.72. The van der Waals surface area contributed by atoms with Gasteiger partial charge in [-0.15, -0.1) is 0 Å². The lowest BCUT2D eigenvalue weighted by Crippen LogP contribution is -2.33. The zero-order valence-electron chi connectivity index (χ0n) is 8.56. The van der Waals surface area contributed by atoms with Crippen molar-refractivity contribution < 1.29 is 4.79 Å². The average molecular weight is 226 g/mol. The number of amides is 1. The molecule has 0 spiro atoms. The van der Waals surface area contributed by atoms with Crippen molar-refractivity contribution in [2.75, 3.05) is 13.1 Å². The molecule has 1 rings (SSSR count). The number of nitrogens with two attached hydrogens (primary N) is 1. The first-order chi connectivity index (χ1) is 7.15. The van der Waals surface area contributed by atoms with Gasteiger partial charge in [0.15, 0.2) is 0 Å². The highest BCUT2D eigenvalue weighted by molar-refractivity contribution is 7.80. The summed E-state index contributed by atoms with van der Waals surface area (Å²) in [5.41, 5.74) is 5.87. The molecule has 0 saturated carbocycles. The Morgan fingerprint density at radius 3 is 2.93 bits per heavy atom. The lowest BCUT2D eigenvalue weighted by atomic mass is 10.3. The number of H-pyrrole nitrogens is 1. The van der Waals surface area contributed by atoms with Gasteiger partial charge < -0.3 is 10.6 Å². The summed E-state index contributed by atoms with van der Waals surface area (Å²) >= 11 is 4.77. The second-order valence-electron chi connectivity index (χ2n) is 3.07. The van der Waals surface area contributed by atoms with Gasteiger partial charge in [-0.25, -0.2) is 0 Å². The van der Waals surface area contributed by atoms with Crippen molar-refractivity contribution in [3.8, 4) is 0 Å². The summed E-state index contributed by atoms with van der Waals surface area (Å²) in [6.07, 6.45) is 2.09. The SMILES string of the molecule is CCN(CCC(N)=S)C(=O)c1ccn[nH]1. The number of carbonyl (C=O) groups excluding carboxylic acids is 1. The maximum absolute atomic E-state index is 11.8. The molecule has 1 aromatic rings. The summed E-state index contributed by atoms with van der Waals surface area (Å²) in [7, 11) is 0. The van der Waals surface area contributed by atoms with E-state index in [2.05, 4.69) is 10.2 Å². The molecule has 6 heteroatoms. The highest BCUT2D eigenvalue weighted by Crippen LogP contribution is 2.01. The lowest BCUT2D eigenvalue weighted by molar-refractivity contribution is 0.0763. The molecule has 1 aromatic heterocycles. The van der Waals surface area contributed by atoms with E-state index in [1.165, 1.54) is 0 Å². The van der Waals surface area contributed by atoms with E-state index in [0.717, 1.165) is 0 Å². The Balaban J connectivity index is 2.59. The summed E-state index contributed by atoms with van der Waals surface area (Å²) in [5, 5.41) is 6.37. The molecule has 82 valence electrons. The molecule has 0 bridgehead atoms. The molecule has 0 atom stereocenters. The minimum absolute atomic E-state index is 0.0775. The third-order valence-electron chi connectivity index (χ3n) is 2.03. The van der Waals surface area contributed by atoms with Gasteiger partial charge in [-0.1, -0.05) is 12.2 Å². The van der Waals surface area contributed by atoms with E-state index in [-0.39, 0.29) is 5.91 Å². The van der Waals surface area contributed by atoms with Crippen molar-refractivity contribution in [1.29, 1.82) is 0 Å². The number of nitrogens with one attached hydrogen (secondary N) is 1. The van der Waals surface area contributed by atoms with Gasteiger partial charge in [0.2, 0.25) is 0 Å². The fourth-order valence-electron chi connectivity index (χ4n) is 1.19. The van der Waals surface area contributed by atoms with Crippen molar-refractivity contribution in [2.24, 2.45) is 5.73 Å². The molecule has 15 heavy (non-hydrogen) atoms. The molecular weight excluding hydrogens is 212 g/mol. The molecule has 0 unspecified atom stereocenters. The van der Waals surface area contributed by atoms with E-state index < -0.39 is 0 Å². The Labute approximate surface area is 93.6 Å². The molecule has 0 aliphatic heterocycles. The van der Waals surface area contributed by atoms with Crippen molar-refractivity contribution in [1.82, 2.24) is 15.1 Å². The van der Waals surface area contributed by atoms with E-state index in [4.69, 9.17) is 18.0 Å². The van der Waals surface area contributed by atoms with Crippen LogP contribution in [-0.4, -0.2) is 39.1 Å². The van der Waals surface area contributed by atoms with Gasteiger partial charge in [-0.05, 0) is 13.0 Å². The number of carbonyl (C=O) groups is 1. The number of hydrogen-bond acceptors (Lipinski definition) is 3. The topological polar surface area (TPSA) is 75.0 Å². The summed E-state index contributed by atoms with van der Waals surface area (Å²) in [6.45, 7) is 3.08. The molecular formula is C9H14N4OS. The van der Waals surface area contributed by atoms with Crippen LogP contribution in [-0.2, 0) is 0 Å². The minimum Gasteiger partial charge on any atom is -0.393 e. The van der Waals surface area contributed by atoms with Crippen LogP contribution in [0.15, 0.2) is 12.3 Å². The number of thiocarbonyl (C=S) groups is 1. The van der Waals surface area contributed by atoms with E-state index >= 15 is 0 Å². The fraction of sp³-hybridized carbons (Fsp3) is 0.444. The maximum Gasteiger partial charge on any atom is 0.271 e. The number of hydrogen-bond donors (Lipinski definition) is 2. The van der Waals surface area contributed by atoms with Crippen molar-refractivity contribution in [3.05, 3.63) is 18.0 Å². The van der Waals surface area contributed by atoms with Gasteiger partial charge in [0.1, 0.15) is 5.69 Å². The Kier molecular flexibility index (Phi) is 4.23. The van der Waals surface area contributed by atoms with Crippen LogP contribution in [0.4, 0.5) is 0 Å². The largest absolute Gasteiger partial charge is 0.393 e. The van der Waals surface area contributed by atoms with E-state index in [1.807, 2.05) is 6.92 Å². The van der Waals surface area contributed by atoms with Gasteiger partial charge >= 0.3 is 0 Å². The molecule has 0 fully saturated rings. The van der Waals surface area contributed by atoms with Gasteiger partial charge in [-0.2, -0.15) is 5.10 Å². The summed E-state index contributed by atoms with van der Waals surface area (Å²) < 4.78 is 0. The maximum atomic E-state index is 11.8. The van der Waals surface area contributed by atoms with Crippen molar-refractivity contribution >= 4 is 23.1 Å². The molecule has 1 heterocycles. The van der Waals surface area contributed by atoms with Crippen molar-refractivity contribution in [2.45, 2.75) is 13.3 Å². The summed E-state index contributed by atoms with van der Waals surface area (Å²) in [5.74, 6) is -0.0775. The van der Waals surface area contributed by atoms with Crippen LogP contribution in [0.3, 0.4) is 0 Å².